The minimum atomic E-state index is -0.466. The van der Waals surface area contributed by atoms with E-state index in [2.05, 4.69) is 4.98 Å². The molecule has 0 amide bonds. The fraction of sp³-hybridized carbons (Fsp3) is 0.100. The van der Waals surface area contributed by atoms with Crippen LogP contribution in [0.2, 0.25) is 0 Å². The Morgan fingerprint density at radius 2 is 1.85 bits per heavy atom. The molecule has 3 aromatic rings. The van der Waals surface area contributed by atoms with Gasteiger partial charge in [0.25, 0.3) is 0 Å². The highest BCUT2D eigenvalue weighted by Crippen LogP contribution is 2.44. The summed E-state index contributed by atoms with van der Waals surface area (Å²) in [6, 6.07) is 9.91. The molecule has 2 N–H and O–H groups in total. The van der Waals surface area contributed by atoms with Crippen molar-refractivity contribution in [3.8, 4) is 23.0 Å². The fourth-order valence-electron chi connectivity index (χ4n) is 2.76. The van der Waals surface area contributed by atoms with Gasteiger partial charge < -0.3 is 19.7 Å². The van der Waals surface area contributed by atoms with Crippen LogP contribution in [-0.4, -0.2) is 35.2 Å². The molecule has 0 aliphatic rings. The molecule has 0 spiro atoms. The highest BCUT2D eigenvalue weighted by molar-refractivity contribution is 6.15. The Morgan fingerprint density at radius 1 is 1.08 bits per heavy atom. The van der Waals surface area contributed by atoms with Gasteiger partial charge in [-0.25, -0.2) is 0 Å². The average molecular weight is 351 g/mol. The zero-order valence-electron chi connectivity index (χ0n) is 14.3. The number of hydrogen-bond acceptors (Lipinski definition) is 6. The van der Waals surface area contributed by atoms with Crippen molar-refractivity contribution in [2.75, 3.05) is 14.2 Å². The number of carbonyl (C=O) groups is 1. The van der Waals surface area contributed by atoms with Crippen LogP contribution in [0.5, 0.6) is 23.0 Å². The first-order valence-electron chi connectivity index (χ1n) is 7.80. The van der Waals surface area contributed by atoms with Crippen LogP contribution in [0.1, 0.15) is 15.9 Å². The molecule has 0 saturated heterocycles. The number of benzene rings is 2. The van der Waals surface area contributed by atoms with Crippen LogP contribution in [0.15, 0.2) is 48.7 Å². The SMILES string of the molecule is COc1c(C(=O)C=Cc2cccc(O)c2)c(O)c(OC)c2ncccc12. The molecular weight excluding hydrogens is 334 g/mol. The summed E-state index contributed by atoms with van der Waals surface area (Å²) in [4.78, 5) is 17.0. The molecule has 0 radical (unpaired) electrons. The van der Waals surface area contributed by atoms with E-state index < -0.39 is 5.78 Å². The maximum absolute atomic E-state index is 12.8. The van der Waals surface area contributed by atoms with Crippen molar-refractivity contribution in [1.82, 2.24) is 4.98 Å². The van der Waals surface area contributed by atoms with Crippen molar-refractivity contribution < 1.29 is 24.5 Å². The van der Waals surface area contributed by atoms with Gasteiger partial charge in [0.15, 0.2) is 17.3 Å². The third kappa shape index (κ3) is 3.04. The van der Waals surface area contributed by atoms with Crippen LogP contribution in [0.3, 0.4) is 0 Å². The summed E-state index contributed by atoms with van der Waals surface area (Å²) in [5.41, 5.74) is 1.03. The van der Waals surface area contributed by atoms with Crippen molar-refractivity contribution in [2.24, 2.45) is 0 Å². The van der Waals surface area contributed by atoms with Gasteiger partial charge >= 0.3 is 0 Å². The van der Waals surface area contributed by atoms with Crippen LogP contribution in [0.25, 0.3) is 17.0 Å². The number of aromatic nitrogens is 1. The van der Waals surface area contributed by atoms with Gasteiger partial charge in [0.2, 0.25) is 0 Å². The first-order valence-corrected chi connectivity index (χ1v) is 7.80. The van der Waals surface area contributed by atoms with E-state index >= 15 is 0 Å². The van der Waals surface area contributed by atoms with Crippen molar-refractivity contribution in [2.45, 2.75) is 0 Å². The summed E-state index contributed by atoms with van der Waals surface area (Å²) in [7, 11) is 2.82. The third-order valence-corrected chi connectivity index (χ3v) is 3.90. The maximum Gasteiger partial charge on any atom is 0.193 e. The molecule has 26 heavy (non-hydrogen) atoms. The molecular formula is C20H17NO5. The Balaban J connectivity index is 2.14. The Kier molecular flexibility index (Phi) is 4.75. The summed E-state index contributed by atoms with van der Waals surface area (Å²) < 4.78 is 10.6. The number of carbonyl (C=O) groups excluding carboxylic acids is 1. The van der Waals surface area contributed by atoms with E-state index in [-0.39, 0.29) is 28.6 Å². The number of hydrogen-bond donors (Lipinski definition) is 2. The normalized spacial score (nSPS) is 11.0. The Morgan fingerprint density at radius 3 is 2.54 bits per heavy atom. The van der Waals surface area contributed by atoms with Gasteiger partial charge in [0.1, 0.15) is 22.6 Å². The standard InChI is InChI=1S/C20H17NO5/c1-25-19-14-7-4-10-21-17(14)20(26-2)18(24)16(19)15(23)9-8-12-5-3-6-13(22)11-12/h3-11,22,24H,1-2H3. The molecule has 3 rings (SSSR count). The number of allylic oxidation sites excluding steroid dienone is 1. The lowest BCUT2D eigenvalue weighted by Gasteiger charge is -2.15. The predicted octanol–water partition coefficient (Wildman–Crippen LogP) is 3.56. The van der Waals surface area contributed by atoms with E-state index in [0.29, 0.717) is 16.5 Å². The van der Waals surface area contributed by atoms with E-state index in [4.69, 9.17) is 9.47 Å². The number of methoxy groups -OCH3 is 2. The molecule has 0 aliphatic carbocycles. The van der Waals surface area contributed by atoms with Crippen LogP contribution in [0, 0.1) is 0 Å². The second-order valence-electron chi connectivity index (χ2n) is 5.48. The molecule has 6 heteroatoms. The number of phenols is 2. The second-order valence-corrected chi connectivity index (χ2v) is 5.48. The lowest BCUT2D eigenvalue weighted by molar-refractivity contribution is 0.104. The first kappa shape index (κ1) is 17.3. The number of ether oxygens (including phenoxy) is 2. The molecule has 0 aliphatic heterocycles. The number of nitrogens with zero attached hydrogens (tertiary/aromatic N) is 1. The van der Waals surface area contributed by atoms with Gasteiger partial charge in [-0.1, -0.05) is 18.2 Å². The number of fused-ring (bicyclic) bond motifs is 1. The van der Waals surface area contributed by atoms with E-state index in [9.17, 15) is 15.0 Å². The van der Waals surface area contributed by atoms with Gasteiger partial charge in [0, 0.05) is 11.6 Å². The number of phenolic OH excluding ortho intramolecular Hbond substituents is 2. The molecule has 1 heterocycles. The van der Waals surface area contributed by atoms with Crippen molar-refractivity contribution in [1.29, 1.82) is 0 Å². The molecule has 2 aromatic carbocycles. The smallest absolute Gasteiger partial charge is 0.193 e. The summed E-state index contributed by atoms with van der Waals surface area (Å²) in [5, 5.41) is 20.6. The summed E-state index contributed by atoms with van der Waals surface area (Å²) >= 11 is 0. The minimum Gasteiger partial charge on any atom is -0.508 e. The van der Waals surface area contributed by atoms with Gasteiger partial charge in [0.05, 0.1) is 14.2 Å². The molecule has 0 atom stereocenters. The molecule has 1 aromatic heterocycles. The monoisotopic (exact) mass is 351 g/mol. The van der Waals surface area contributed by atoms with Crippen molar-refractivity contribution in [3.05, 3.63) is 59.8 Å². The zero-order chi connectivity index (χ0) is 18.7. The highest BCUT2D eigenvalue weighted by Gasteiger charge is 2.24. The number of aromatic hydroxyl groups is 2. The fourth-order valence-corrected chi connectivity index (χ4v) is 2.76. The van der Waals surface area contributed by atoms with E-state index in [1.165, 1.54) is 32.4 Å². The maximum atomic E-state index is 12.8. The van der Waals surface area contributed by atoms with Crippen molar-refractivity contribution in [3.63, 3.8) is 0 Å². The van der Waals surface area contributed by atoms with Gasteiger partial charge in [-0.2, -0.15) is 0 Å². The number of ketones is 1. The minimum absolute atomic E-state index is 0.0127. The summed E-state index contributed by atoms with van der Waals surface area (Å²) in [5.74, 6) is -0.376. The predicted molar refractivity (Wildman–Crippen MR) is 98.0 cm³/mol. The largest absolute Gasteiger partial charge is 0.508 e. The lowest BCUT2D eigenvalue weighted by atomic mass is 10.0. The quantitative estimate of drug-likeness (QED) is 0.540. The van der Waals surface area contributed by atoms with E-state index in [1.807, 2.05) is 0 Å². The second kappa shape index (κ2) is 7.14. The van der Waals surface area contributed by atoms with E-state index in [0.717, 1.165) is 0 Å². The summed E-state index contributed by atoms with van der Waals surface area (Å²) in [6.45, 7) is 0. The summed E-state index contributed by atoms with van der Waals surface area (Å²) in [6.07, 6.45) is 4.40. The van der Waals surface area contributed by atoms with E-state index in [1.54, 1.807) is 36.5 Å². The third-order valence-electron chi connectivity index (χ3n) is 3.90. The molecule has 0 saturated carbocycles. The van der Waals surface area contributed by atoms with Gasteiger partial charge in [-0.05, 0) is 35.9 Å². The van der Waals surface area contributed by atoms with Gasteiger partial charge in [-0.15, -0.1) is 0 Å². The Hall–Kier alpha value is -3.54. The number of pyridine rings is 1. The first-order chi connectivity index (χ1) is 12.6. The lowest BCUT2D eigenvalue weighted by Crippen LogP contribution is -2.03. The van der Waals surface area contributed by atoms with Crippen LogP contribution >= 0.6 is 0 Å². The highest BCUT2D eigenvalue weighted by atomic mass is 16.5. The molecule has 0 unspecified atom stereocenters. The topological polar surface area (TPSA) is 88.9 Å². The van der Waals surface area contributed by atoms with Crippen LogP contribution in [-0.2, 0) is 0 Å². The zero-order valence-corrected chi connectivity index (χ0v) is 14.3. The molecule has 0 bridgehead atoms. The van der Waals surface area contributed by atoms with Crippen LogP contribution < -0.4 is 9.47 Å². The average Bonchev–Trinajstić information content (AvgIpc) is 2.65. The van der Waals surface area contributed by atoms with Crippen molar-refractivity contribution >= 4 is 22.8 Å². The number of rotatable bonds is 5. The molecule has 6 nitrogen and oxygen atoms in total. The Bertz CT molecular complexity index is 1010. The Labute approximate surface area is 150 Å². The molecule has 0 fully saturated rings. The van der Waals surface area contributed by atoms with Gasteiger partial charge in [-0.3, -0.25) is 9.78 Å². The van der Waals surface area contributed by atoms with Crippen LogP contribution in [0.4, 0.5) is 0 Å². The molecule has 132 valence electrons.